The second-order valence-corrected chi connectivity index (χ2v) is 2.69. The number of hydrogen-bond acceptors (Lipinski definition) is 2. The third-order valence-corrected chi connectivity index (χ3v) is 1.32. The van der Waals surface area contributed by atoms with Crippen molar-refractivity contribution < 1.29 is 4.79 Å². The van der Waals surface area contributed by atoms with Crippen molar-refractivity contribution in [3.8, 4) is 0 Å². The van der Waals surface area contributed by atoms with Crippen LogP contribution in [0.25, 0.3) is 0 Å². The summed E-state index contributed by atoms with van der Waals surface area (Å²) in [5.74, 6) is 0.600. The highest BCUT2D eigenvalue weighted by molar-refractivity contribution is 7.78. The Bertz CT molecular complexity index is 93.1. The fourth-order valence-corrected chi connectivity index (χ4v) is 0.587. The van der Waals surface area contributed by atoms with Gasteiger partial charge in [0.2, 0.25) is 5.91 Å². The Morgan fingerprint density at radius 2 is 2.22 bits per heavy atom. The zero-order chi connectivity index (χ0) is 7.28. The Morgan fingerprint density at radius 1 is 1.67 bits per heavy atom. The van der Waals surface area contributed by atoms with E-state index in [1.54, 1.807) is 0 Å². The molecule has 1 amide bonds. The molecule has 2 nitrogen and oxygen atoms in total. The van der Waals surface area contributed by atoms with Crippen LogP contribution in [0.1, 0.15) is 26.7 Å². The van der Waals surface area contributed by atoms with Gasteiger partial charge in [0.1, 0.15) is 0 Å². The molecule has 0 unspecified atom stereocenters. The van der Waals surface area contributed by atoms with E-state index in [1.165, 1.54) is 0 Å². The molecule has 0 aromatic heterocycles. The smallest absolute Gasteiger partial charge is 0.229 e. The van der Waals surface area contributed by atoms with E-state index in [2.05, 4.69) is 31.4 Å². The third-order valence-electron chi connectivity index (χ3n) is 1.07. The summed E-state index contributed by atoms with van der Waals surface area (Å²) >= 11 is 3.62. The molecule has 1 N–H and O–H groups in total. The van der Waals surface area contributed by atoms with Crippen LogP contribution in [-0.4, -0.2) is 5.91 Å². The molecule has 54 valence electrons. The van der Waals surface area contributed by atoms with Gasteiger partial charge in [-0.2, -0.15) is 0 Å². The lowest BCUT2D eigenvalue weighted by molar-refractivity contribution is -0.119. The summed E-state index contributed by atoms with van der Waals surface area (Å²) in [6.07, 6.45) is 1.52. The topological polar surface area (TPSA) is 29.1 Å². The minimum absolute atomic E-state index is 0.00651. The van der Waals surface area contributed by atoms with E-state index in [9.17, 15) is 4.79 Å². The molecule has 0 spiro atoms. The van der Waals surface area contributed by atoms with Crippen LogP contribution in [0.15, 0.2) is 0 Å². The molecule has 0 heterocycles. The largest absolute Gasteiger partial charge is 0.303 e. The summed E-state index contributed by atoms with van der Waals surface area (Å²) in [7, 11) is 0. The summed E-state index contributed by atoms with van der Waals surface area (Å²) in [5, 5.41) is 0. The van der Waals surface area contributed by atoms with Crippen molar-refractivity contribution in [2.75, 3.05) is 0 Å². The van der Waals surface area contributed by atoms with Gasteiger partial charge in [-0.15, -0.1) is 0 Å². The van der Waals surface area contributed by atoms with Crippen LogP contribution in [0.5, 0.6) is 0 Å². The summed E-state index contributed by atoms with van der Waals surface area (Å²) in [4.78, 5) is 10.5. The zero-order valence-electron chi connectivity index (χ0n) is 5.85. The molecule has 0 rings (SSSR count). The van der Waals surface area contributed by atoms with Gasteiger partial charge in [0.15, 0.2) is 0 Å². The van der Waals surface area contributed by atoms with E-state index in [0.29, 0.717) is 12.3 Å². The Morgan fingerprint density at radius 3 is 2.56 bits per heavy atom. The van der Waals surface area contributed by atoms with Crippen LogP contribution in [0.2, 0.25) is 0 Å². The standard InChI is InChI=1S/C6H13NOS/c1-5(2)3-4-6(8)7-9/h5,9H,3-4H2,1-2H3,(H,7,8). The maximum Gasteiger partial charge on any atom is 0.229 e. The normalized spacial score (nSPS) is 9.78. The van der Waals surface area contributed by atoms with Crippen LogP contribution in [0, 0.1) is 5.92 Å². The van der Waals surface area contributed by atoms with Gasteiger partial charge in [0.25, 0.3) is 0 Å². The van der Waals surface area contributed by atoms with Gasteiger partial charge in [-0.05, 0) is 12.3 Å². The quantitative estimate of drug-likeness (QED) is 0.580. The molecule has 0 bridgehead atoms. The lowest BCUT2D eigenvalue weighted by atomic mass is 10.1. The Kier molecular flexibility index (Phi) is 4.58. The Labute approximate surface area is 61.6 Å². The number of thiol groups is 1. The van der Waals surface area contributed by atoms with E-state index in [-0.39, 0.29) is 5.91 Å². The number of amides is 1. The molecule has 0 atom stereocenters. The van der Waals surface area contributed by atoms with E-state index in [0.717, 1.165) is 6.42 Å². The van der Waals surface area contributed by atoms with Crippen molar-refractivity contribution in [3.05, 3.63) is 0 Å². The van der Waals surface area contributed by atoms with Gasteiger partial charge in [-0.1, -0.05) is 26.7 Å². The first kappa shape index (κ1) is 8.82. The van der Waals surface area contributed by atoms with E-state index >= 15 is 0 Å². The first-order valence-electron chi connectivity index (χ1n) is 3.09. The van der Waals surface area contributed by atoms with E-state index in [1.807, 2.05) is 0 Å². The number of hydrogen-bond donors (Lipinski definition) is 2. The molecule has 0 aliphatic heterocycles. The Hall–Kier alpha value is -0.180. The number of nitrogens with one attached hydrogen (secondary N) is 1. The Balaban J connectivity index is 3.17. The molecule has 0 saturated carbocycles. The number of carbonyl (C=O) groups is 1. The minimum atomic E-state index is 0.00651. The van der Waals surface area contributed by atoms with Crippen molar-refractivity contribution in [1.82, 2.24) is 4.72 Å². The van der Waals surface area contributed by atoms with Gasteiger partial charge < -0.3 is 4.72 Å². The number of rotatable bonds is 3. The lowest BCUT2D eigenvalue weighted by Gasteiger charge is -2.00. The van der Waals surface area contributed by atoms with Crippen molar-refractivity contribution in [3.63, 3.8) is 0 Å². The van der Waals surface area contributed by atoms with Crippen molar-refractivity contribution in [2.45, 2.75) is 26.7 Å². The first-order valence-corrected chi connectivity index (χ1v) is 3.54. The zero-order valence-corrected chi connectivity index (χ0v) is 6.74. The summed E-state index contributed by atoms with van der Waals surface area (Å²) in [6.45, 7) is 4.18. The van der Waals surface area contributed by atoms with Gasteiger partial charge >= 0.3 is 0 Å². The van der Waals surface area contributed by atoms with Crippen LogP contribution in [-0.2, 0) is 4.79 Å². The maximum absolute atomic E-state index is 10.5. The molecule has 9 heavy (non-hydrogen) atoms. The fourth-order valence-electron chi connectivity index (χ4n) is 0.476. The fraction of sp³-hybridized carbons (Fsp3) is 0.833. The van der Waals surface area contributed by atoms with Gasteiger partial charge in [-0.25, -0.2) is 0 Å². The minimum Gasteiger partial charge on any atom is -0.303 e. The molecule has 0 aliphatic carbocycles. The van der Waals surface area contributed by atoms with Gasteiger partial charge in [0, 0.05) is 6.42 Å². The van der Waals surface area contributed by atoms with E-state index in [4.69, 9.17) is 0 Å². The molecule has 0 aliphatic rings. The molecular formula is C6H13NOS. The van der Waals surface area contributed by atoms with Gasteiger partial charge in [-0.3, -0.25) is 4.79 Å². The van der Waals surface area contributed by atoms with Crippen LogP contribution in [0.3, 0.4) is 0 Å². The average molecular weight is 147 g/mol. The molecular weight excluding hydrogens is 134 g/mol. The highest BCUT2D eigenvalue weighted by Crippen LogP contribution is 2.02. The summed E-state index contributed by atoms with van der Waals surface area (Å²) < 4.78 is 2.28. The van der Waals surface area contributed by atoms with Crippen molar-refractivity contribution in [2.24, 2.45) is 5.92 Å². The number of carbonyl (C=O) groups excluding carboxylic acids is 1. The second kappa shape index (κ2) is 4.68. The van der Waals surface area contributed by atoms with E-state index < -0.39 is 0 Å². The molecule has 0 radical (unpaired) electrons. The average Bonchev–Trinajstić information content (AvgIpc) is 1.83. The molecule has 0 saturated heterocycles. The molecule has 0 aromatic carbocycles. The SMILES string of the molecule is CC(C)CCC(=O)NS. The maximum atomic E-state index is 10.5. The van der Waals surface area contributed by atoms with Crippen molar-refractivity contribution in [1.29, 1.82) is 0 Å². The summed E-state index contributed by atoms with van der Waals surface area (Å²) in [6, 6.07) is 0. The molecule has 0 fully saturated rings. The van der Waals surface area contributed by atoms with Crippen LogP contribution < -0.4 is 4.72 Å². The van der Waals surface area contributed by atoms with Crippen molar-refractivity contribution >= 4 is 18.7 Å². The third kappa shape index (κ3) is 5.69. The lowest BCUT2D eigenvalue weighted by Crippen LogP contribution is -2.12. The molecule has 3 heteroatoms. The van der Waals surface area contributed by atoms with Crippen LogP contribution in [0.4, 0.5) is 0 Å². The predicted octanol–water partition coefficient (Wildman–Crippen LogP) is 1.38. The highest BCUT2D eigenvalue weighted by atomic mass is 32.1. The second-order valence-electron chi connectivity index (χ2n) is 2.47. The van der Waals surface area contributed by atoms with Crippen LogP contribution >= 0.6 is 12.8 Å². The van der Waals surface area contributed by atoms with Gasteiger partial charge in [0.05, 0.1) is 0 Å². The highest BCUT2D eigenvalue weighted by Gasteiger charge is 1.99. The molecule has 0 aromatic rings. The summed E-state index contributed by atoms with van der Waals surface area (Å²) in [5.41, 5.74) is 0. The monoisotopic (exact) mass is 147 g/mol. The predicted molar refractivity (Wildman–Crippen MR) is 41.2 cm³/mol. The first-order chi connectivity index (χ1) is 4.16.